The van der Waals surface area contributed by atoms with E-state index in [9.17, 15) is 14.9 Å². The molecule has 29 heavy (non-hydrogen) atoms. The molecule has 1 aliphatic carbocycles. The monoisotopic (exact) mass is 395 g/mol. The summed E-state index contributed by atoms with van der Waals surface area (Å²) in [6.45, 7) is 2.12. The van der Waals surface area contributed by atoms with Gasteiger partial charge in [-0.25, -0.2) is 0 Å². The second-order valence-corrected chi connectivity index (χ2v) is 7.67. The van der Waals surface area contributed by atoms with Crippen molar-refractivity contribution in [2.45, 2.75) is 38.3 Å². The first-order valence-electron chi connectivity index (χ1n) is 10.0. The Kier molecular flexibility index (Phi) is 5.38. The maximum Gasteiger partial charge on any atom is 0.293 e. The van der Waals surface area contributed by atoms with Crippen molar-refractivity contribution in [2.24, 2.45) is 0 Å². The highest BCUT2D eigenvalue weighted by Gasteiger charge is 2.34. The topological polar surface area (TPSA) is 75.9 Å². The summed E-state index contributed by atoms with van der Waals surface area (Å²) in [6.07, 6.45) is 4.01. The van der Waals surface area contributed by atoms with Crippen LogP contribution >= 0.6 is 0 Å². The lowest BCUT2D eigenvalue weighted by atomic mass is 10.1. The summed E-state index contributed by atoms with van der Waals surface area (Å²) in [5.41, 5.74) is 2.00. The molecule has 2 fully saturated rings. The van der Waals surface area contributed by atoms with Crippen LogP contribution in [0, 0.1) is 10.1 Å². The van der Waals surface area contributed by atoms with E-state index in [2.05, 4.69) is 0 Å². The average Bonchev–Trinajstić information content (AvgIpc) is 3.44. The Balaban J connectivity index is 1.58. The second kappa shape index (κ2) is 8.11. The van der Waals surface area contributed by atoms with Crippen LogP contribution in [0.5, 0.6) is 5.75 Å². The first-order chi connectivity index (χ1) is 14.1. The highest BCUT2D eigenvalue weighted by Crippen LogP contribution is 2.34. The molecular formula is C22H25N3O4. The molecule has 0 N–H and O–H groups in total. The van der Waals surface area contributed by atoms with Gasteiger partial charge < -0.3 is 14.5 Å². The first-order valence-corrected chi connectivity index (χ1v) is 10.0. The number of benzene rings is 2. The van der Waals surface area contributed by atoms with Crippen molar-refractivity contribution in [3.05, 3.63) is 63.7 Å². The third-order valence-electron chi connectivity index (χ3n) is 5.63. The molecule has 0 spiro atoms. The van der Waals surface area contributed by atoms with Crippen molar-refractivity contribution >= 4 is 17.3 Å². The maximum absolute atomic E-state index is 13.2. The van der Waals surface area contributed by atoms with Gasteiger partial charge in [-0.2, -0.15) is 0 Å². The predicted molar refractivity (Wildman–Crippen MR) is 110 cm³/mol. The summed E-state index contributed by atoms with van der Waals surface area (Å²) in [5, 5.41) is 11.7. The number of nitro benzene ring substituents is 1. The van der Waals surface area contributed by atoms with Crippen LogP contribution in [0.4, 0.5) is 11.4 Å². The average molecular weight is 395 g/mol. The SMILES string of the molecule is COc1ccc(CN(C(=O)c2ccc(N3CCCC3)c([N+](=O)[O-])c2)C2CC2)cc1. The van der Waals surface area contributed by atoms with E-state index in [4.69, 9.17) is 4.74 Å². The highest BCUT2D eigenvalue weighted by molar-refractivity contribution is 5.96. The van der Waals surface area contributed by atoms with Gasteiger partial charge in [0.15, 0.2) is 0 Å². The van der Waals surface area contributed by atoms with Gasteiger partial charge >= 0.3 is 0 Å². The molecule has 2 aromatic carbocycles. The maximum atomic E-state index is 13.2. The number of rotatable bonds is 7. The van der Waals surface area contributed by atoms with Crippen molar-refractivity contribution < 1.29 is 14.5 Å². The van der Waals surface area contributed by atoms with Crippen LogP contribution in [-0.2, 0) is 6.54 Å². The van der Waals surface area contributed by atoms with Crippen molar-refractivity contribution in [3.8, 4) is 5.75 Å². The molecule has 7 nitrogen and oxygen atoms in total. The molecule has 4 rings (SSSR count). The molecule has 0 unspecified atom stereocenters. The van der Waals surface area contributed by atoms with Gasteiger partial charge in [-0.3, -0.25) is 14.9 Å². The standard InChI is InChI=1S/C22H25N3O4/c1-29-19-9-4-16(5-10-19)15-24(18-7-8-18)22(26)17-6-11-20(21(14-17)25(27)28)23-12-2-3-13-23/h4-6,9-11,14,18H,2-3,7-8,12-13,15H2,1H3. The van der Waals surface area contributed by atoms with Gasteiger partial charge in [-0.1, -0.05) is 12.1 Å². The second-order valence-electron chi connectivity index (χ2n) is 7.67. The van der Waals surface area contributed by atoms with Gasteiger partial charge in [-0.05, 0) is 55.5 Å². The van der Waals surface area contributed by atoms with Crippen LogP contribution in [0.3, 0.4) is 0 Å². The van der Waals surface area contributed by atoms with Crippen LogP contribution in [0.2, 0.25) is 0 Å². The van der Waals surface area contributed by atoms with Gasteiger partial charge in [0.2, 0.25) is 0 Å². The number of nitro groups is 1. The summed E-state index contributed by atoms with van der Waals surface area (Å²) in [5.74, 6) is 0.616. The summed E-state index contributed by atoms with van der Waals surface area (Å²) in [4.78, 5) is 28.4. The molecule has 0 aromatic heterocycles. The quantitative estimate of drug-likeness (QED) is 0.523. The van der Waals surface area contributed by atoms with Crippen LogP contribution in [0.25, 0.3) is 0 Å². The van der Waals surface area contributed by atoms with E-state index in [0.717, 1.165) is 50.1 Å². The van der Waals surface area contributed by atoms with Gasteiger partial charge in [0.1, 0.15) is 11.4 Å². The third kappa shape index (κ3) is 4.18. The molecule has 2 aliphatic rings. The molecule has 0 bridgehead atoms. The number of hydrogen-bond acceptors (Lipinski definition) is 5. The van der Waals surface area contributed by atoms with Crippen molar-refractivity contribution in [1.29, 1.82) is 0 Å². The summed E-state index contributed by atoms with van der Waals surface area (Å²) in [6, 6.07) is 12.7. The Labute approximate surface area is 170 Å². The van der Waals surface area contributed by atoms with E-state index in [1.54, 1.807) is 19.2 Å². The minimum Gasteiger partial charge on any atom is -0.497 e. The van der Waals surface area contributed by atoms with Gasteiger partial charge in [0.05, 0.1) is 12.0 Å². The Morgan fingerprint density at radius 3 is 2.45 bits per heavy atom. The van der Waals surface area contributed by atoms with Crippen LogP contribution in [0.1, 0.15) is 41.6 Å². The normalized spacial score (nSPS) is 16.0. The first kappa shape index (κ1) is 19.2. The van der Waals surface area contributed by atoms with Crippen LogP contribution < -0.4 is 9.64 Å². The Morgan fingerprint density at radius 2 is 1.86 bits per heavy atom. The molecular weight excluding hydrogens is 370 g/mol. The van der Waals surface area contributed by atoms with E-state index < -0.39 is 0 Å². The fourth-order valence-corrected chi connectivity index (χ4v) is 3.87. The molecule has 0 atom stereocenters. The van der Waals surface area contributed by atoms with Crippen molar-refractivity contribution in [3.63, 3.8) is 0 Å². The fourth-order valence-electron chi connectivity index (χ4n) is 3.87. The fraction of sp³-hybridized carbons (Fsp3) is 0.409. The van der Waals surface area contributed by atoms with Gasteiger partial charge in [0.25, 0.3) is 11.6 Å². The molecule has 2 aromatic rings. The Morgan fingerprint density at radius 1 is 1.17 bits per heavy atom. The number of carbonyl (C=O) groups is 1. The van der Waals surface area contributed by atoms with Gasteiger partial charge in [0, 0.05) is 37.3 Å². The smallest absolute Gasteiger partial charge is 0.293 e. The molecule has 1 aliphatic heterocycles. The number of methoxy groups -OCH3 is 1. The number of ether oxygens (including phenoxy) is 1. The molecule has 1 amide bonds. The molecule has 7 heteroatoms. The molecule has 1 heterocycles. The Hall–Kier alpha value is -3.09. The Bertz CT molecular complexity index is 903. The van der Waals surface area contributed by atoms with E-state index >= 15 is 0 Å². The number of anilines is 1. The lowest BCUT2D eigenvalue weighted by Crippen LogP contribution is -2.32. The van der Waals surface area contributed by atoms with Crippen molar-refractivity contribution in [2.75, 3.05) is 25.1 Å². The van der Waals surface area contributed by atoms with E-state index in [1.165, 1.54) is 6.07 Å². The number of hydrogen-bond donors (Lipinski definition) is 0. The van der Waals surface area contributed by atoms with E-state index in [1.807, 2.05) is 34.1 Å². The lowest BCUT2D eigenvalue weighted by molar-refractivity contribution is -0.384. The van der Waals surface area contributed by atoms with E-state index in [-0.39, 0.29) is 22.6 Å². The molecule has 152 valence electrons. The summed E-state index contributed by atoms with van der Waals surface area (Å²) >= 11 is 0. The minimum atomic E-state index is -0.380. The summed E-state index contributed by atoms with van der Waals surface area (Å²) < 4.78 is 5.19. The van der Waals surface area contributed by atoms with E-state index in [0.29, 0.717) is 17.8 Å². The molecule has 0 radical (unpaired) electrons. The van der Waals surface area contributed by atoms with Gasteiger partial charge in [-0.15, -0.1) is 0 Å². The highest BCUT2D eigenvalue weighted by atomic mass is 16.6. The zero-order chi connectivity index (χ0) is 20.4. The van der Waals surface area contributed by atoms with Crippen LogP contribution in [-0.4, -0.2) is 42.0 Å². The zero-order valence-electron chi connectivity index (χ0n) is 16.5. The zero-order valence-corrected chi connectivity index (χ0v) is 16.5. The predicted octanol–water partition coefficient (Wildman–Crippen LogP) is 4.01. The number of carbonyl (C=O) groups excluding carboxylic acids is 1. The number of amides is 1. The largest absolute Gasteiger partial charge is 0.497 e. The number of nitrogens with zero attached hydrogens (tertiary/aromatic N) is 3. The van der Waals surface area contributed by atoms with Crippen molar-refractivity contribution in [1.82, 2.24) is 4.90 Å². The third-order valence-corrected chi connectivity index (χ3v) is 5.63. The minimum absolute atomic E-state index is 0.0120. The molecule has 1 saturated carbocycles. The lowest BCUT2D eigenvalue weighted by Gasteiger charge is -2.23. The van der Waals surface area contributed by atoms with Crippen LogP contribution in [0.15, 0.2) is 42.5 Å². The summed E-state index contributed by atoms with van der Waals surface area (Å²) in [7, 11) is 1.62. The molecule has 1 saturated heterocycles.